The Balaban J connectivity index is 2.07. The maximum atomic E-state index is 8.84. The van der Waals surface area contributed by atoms with Crippen molar-refractivity contribution in [3.05, 3.63) is 62.5 Å². The average Bonchev–Trinajstić information content (AvgIpc) is 2.37. The van der Waals surface area contributed by atoms with Gasteiger partial charge < -0.3 is 5.32 Å². The van der Waals surface area contributed by atoms with Crippen molar-refractivity contribution in [1.82, 2.24) is 0 Å². The third kappa shape index (κ3) is 3.34. The molecule has 0 radical (unpaired) electrons. The summed E-state index contributed by atoms with van der Waals surface area (Å²) in [4.78, 5) is 0. The number of nitrogens with one attached hydrogen (secondary N) is 1. The monoisotopic (exact) mass is 364 g/mol. The van der Waals surface area contributed by atoms with Gasteiger partial charge in [0.25, 0.3) is 0 Å². The van der Waals surface area contributed by atoms with E-state index in [-0.39, 0.29) is 0 Å². The molecule has 0 aromatic heterocycles. The van der Waals surface area contributed by atoms with Crippen molar-refractivity contribution in [2.75, 3.05) is 5.32 Å². The highest BCUT2D eigenvalue weighted by Crippen LogP contribution is 2.21. The highest BCUT2D eigenvalue weighted by Gasteiger charge is 2.00. The van der Waals surface area contributed by atoms with Crippen LogP contribution in [0.5, 0.6) is 0 Å². The summed E-state index contributed by atoms with van der Waals surface area (Å²) < 4.78 is 1.88. The van der Waals surface area contributed by atoms with Crippen molar-refractivity contribution in [3.8, 4) is 6.07 Å². The van der Waals surface area contributed by atoms with Crippen LogP contribution in [0.2, 0.25) is 0 Å². The number of nitriles is 1. The topological polar surface area (TPSA) is 35.8 Å². The molecule has 2 nitrogen and oxygen atoms in total. The first-order valence-corrected chi connectivity index (χ1v) is 6.95. The lowest BCUT2D eigenvalue weighted by Crippen LogP contribution is -1.99. The molecule has 0 heterocycles. The summed E-state index contributed by atoms with van der Waals surface area (Å²) in [6.45, 7) is 0.748. The van der Waals surface area contributed by atoms with Crippen LogP contribution in [0.4, 0.5) is 5.69 Å². The standard InChI is InChI=1S/C14H10Br2N2/c15-12-3-1-2-10(6-12)9-18-13-5-4-11(8-17)14(16)7-13/h1-7,18H,9H2. The zero-order chi connectivity index (χ0) is 13.0. The molecule has 4 heteroatoms. The summed E-state index contributed by atoms with van der Waals surface area (Å²) in [5.74, 6) is 0. The van der Waals surface area contributed by atoms with E-state index in [1.54, 1.807) is 6.07 Å². The Hall–Kier alpha value is -1.31. The highest BCUT2D eigenvalue weighted by molar-refractivity contribution is 9.10. The molecule has 0 spiro atoms. The molecule has 0 atom stereocenters. The maximum absolute atomic E-state index is 8.84. The quantitative estimate of drug-likeness (QED) is 0.855. The van der Waals surface area contributed by atoms with E-state index < -0.39 is 0 Å². The van der Waals surface area contributed by atoms with Crippen molar-refractivity contribution in [2.24, 2.45) is 0 Å². The van der Waals surface area contributed by atoms with E-state index in [4.69, 9.17) is 5.26 Å². The second-order valence-electron chi connectivity index (χ2n) is 3.79. The van der Waals surface area contributed by atoms with Crippen LogP contribution in [0.1, 0.15) is 11.1 Å². The molecule has 1 N–H and O–H groups in total. The largest absolute Gasteiger partial charge is 0.381 e. The molecule has 2 rings (SSSR count). The summed E-state index contributed by atoms with van der Waals surface area (Å²) in [5, 5.41) is 12.2. The lowest BCUT2D eigenvalue weighted by Gasteiger charge is -2.08. The van der Waals surface area contributed by atoms with Crippen LogP contribution in [0.15, 0.2) is 51.4 Å². The van der Waals surface area contributed by atoms with Gasteiger partial charge in [0.05, 0.1) is 5.56 Å². The van der Waals surface area contributed by atoms with Gasteiger partial charge in [-0.05, 0) is 51.8 Å². The first-order chi connectivity index (χ1) is 8.69. The molecule has 18 heavy (non-hydrogen) atoms. The fraction of sp³-hybridized carbons (Fsp3) is 0.0714. The van der Waals surface area contributed by atoms with E-state index in [1.807, 2.05) is 24.3 Å². The normalized spacial score (nSPS) is 9.83. The second-order valence-corrected chi connectivity index (χ2v) is 5.56. The fourth-order valence-corrected chi connectivity index (χ4v) is 2.48. The Kier molecular flexibility index (Phi) is 4.40. The van der Waals surface area contributed by atoms with E-state index >= 15 is 0 Å². The molecule has 0 saturated carbocycles. The number of benzene rings is 2. The van der Waals surface area contributed by atoms with E-state index in [0.717, 1.165) is 21.2 Å². The van der Waals surface area contributed by atoms with E-state index in [1.165, 1.54) is 5.56 Å². The summed E-state index contributed by atoms with van der Waals surface area (Å²) in [6, 6.07) is 15.9. The minimum atomic E-state index is 0.642. The third-order valence-electron chi connectivity index (χ3n) is 2.48. The molecule has 90 valence electrons. The molecule has 0 aliphatic carbocycles. The zero-order valence-corrected chi connectivity index (χ0v) is 12.6. The van der Waals surface area contributed by atoms with Gasteiger partial charge in [-0.15, -0.1) is 0 Å². The van der Waals surface area contributed by atoms with Crippen molar-refractivity contribution in [1.29, 1.82) is 5.26 Å². The van der Waals surface area contributed by atoms with Crippen LogP contribution < -0.4 is 5.32 Å². The van der Waals surface area contributed by atoms with Crippen molar-refractivity contribution >= 4 is 37.5 Å². The van der Waals surface area contributed by atoms with Gasteiger partial charge in [0.15, 0.2) is 0 Å². The fourth-order valence-electron chi connectivity index (χ4n) is 1.57. The van der Waals surface area contributed by atoms with Crippen LogP contribution in [0.3, 0.4) is 0 Å². The predicted molar refractivity (Wildman–Crippen MR) is 80.3 cm³/mol. The van der Waals surface area contributed by atoms with Gasteiger partial charge in [-0.1, -0.05) is 28.1 Å². The van der Waals surface area contributed by atoms with Gasteiger partial charge in [-0.2, -0.15) is 5.26 Å². The minimum absolute atomic E-state index is 0.642. The Bertz CT molecular complexity index is 603. The van der Waals surface area contributed by atoms with Crippen LogP contribution in [-0.2, 0) is 6.54 Å². The van der Waals surface area contributed by atoms with Crippen molar-refractivity contribution in [2.45, 2.75) is 6.54 Å². The van der Waals surface area contributed by atoms with Gasteiger partial charge in [-0.3, -0.25) is 0 Å². The summed E-state index contributed by atoms with van der Waals surface area (Å²) in [5.41, 5.74) is 2.83. The van der Waals surface area contributed by atoms with Crippen LogP contribution in [-0.4, -0.2) is 0 Å². The molecule has 2 aromatic rings. The molecule has 0 fully saturated rings. The molecule has 0 unspecified atom stereocenters. The lowest BCUT2D eigenvalue weighted by molar-refractivity contribution is 1.14. The molecule has 0 bridgehead atoms. The number of hydrogen-bond donors (Lipinski definition) is 1. The molecular formula is C14H10Br2N2. The predicted octanol–water partition coefficient (Wildman–Crippen LogP) is 4.70. The number of anilines is 1. The van der Waals surface area contributed by atoms with E-state index in [2.05, 4.69) is 55.4 Å². The molecule has 0 aliphatic heterocycles. The first kappa shape index (κ1) is 13.1. The van der Waals surface area contributed by atoms with Gasteiger partial charge in [-0.25, -0.2) is 0 Å². The number of halogens is 2. The van der Waals surface area contributed by atoms with Gasteiger partial charge in [0.1, 0.15) is 6.07 Å². The SMILES string of the molecule is N#Cc1ccc(NCc2cccc(Br)c2)cc1Br. The summed E-state index contributed by atoms with van der Waals surface area (Å²) >= 11 is 6.82. The van der Waals surface area contributed by atoms with Crippen LogP contribution in [0, 0.1) is 11.3 Å². The lowest BCUT2D eigenvalue weighted by atomic mass is 10.2. The number of nitrogens with zero attached hydrogens (tertiary/aromatic N) is 1. The summed E-state index contributed by atoms with van der Waals surface area (Å²) in [6.07, 6.45) is 0. The van der Waals surface area contributed by atoms with E-state index in [9.17, 15) is 0 Å². The number of hydrogen-bond acceptors (Lipinski definition) is 2. The Morgan fingerprint density at radius 2 is 1.94 bits per heavy atom. The Morgan fingerprint density at radius 1 is 1.11 bits per heavy atom. The van der Waals surface area contributed by atoms with E-state index in [0.29, 0.717) is 5.56 Å². The Labute approximate surface area is 123 Å². The Morgan fingerprint density at radius 3 is 2.61 bits per heavy atom. The molecular weight excluding hydrogens is 356 g/mol. The maximum Gasteiger partial charge on any atom is 0.100 e. The van der Waals surface area contributed by atoms with Crippen molar-refractivity contribution < 1.29 is 0 Å². The second kappa shape index (κ2) is 6.03. The molecule has 2 aromatic carbocycles. The van der Waals surface area contributed by atoms with Crippen molar-refractivity contribution in [3.63, 3.8) is 0 Å². The smallest absolute Gasteiger partial charge is 0.100 e. The molecule has 0 saturated heterocycles. The molecule has 0 aliphatic rings. The van der Waals surface area contributed by atoms with Gasteiger partial charge >= 0.3 is 0 Å². The van der Waals surface area contributed by atoms with Gasteiger partial charge in [0, 0.05) is 21.2 Å². The van der Waals surface area contributed by atoms with Gasteiger partial charge in [0.2, 0.25) is 0 Å². The number of rotatable bonds is 3. The minimum Gasteiger partial charge on any atom is -0.381 e. The molecule has 0 amide bonds. The first-order valence-electron chi connectivity index (χ1n) is 5.37. The summed E-state index contributed by atoms with van der Waals surface area (Å²) in [7, 11) is 0. The third-order valence-corrected chi connectivity index (χ3v) is 3.62. The highest BCUT2D eigenvalue weighted by atomic mass is 79.9. The van der Waals surface area contributed by atoms with Crippen LogP contribution >= 0.6 is 31.9 Å². The zero-order valence-electron chi connectivity index (χ0n) is 9.45. The van der Waals surface area contributed by atoms with Crippen LogP contribution in [0.25, 0.3) is 0 Å². The average molecular weight is 366 g/mol.